The van der Waals surface area contributed by atoms with Crippen molar-refractivity contribution in [1.29, 1.82) is 0 Å². The van der Waals surface area contributed by atoms with Crippen LogP contribution >= 0.6 is 0 Å². The zero-order chi connectivity index (χ0) is 15.8. The van der Waals surface area contributed by atoms with Crippen molar-refractivity contribution in [2.24, 2.45) is 0 Å². The van der Waals surface area contributed by atoms with Gasteiger partial charge in [0, 0.05) is 6.08 Å². The number of rotatable bonds is 5. The highest BCUT2D eigenvalue weighted by Crippen LogP contribution is 2.11. The average Bonchev–Trinajstić information content (AvgIpc) is 3.02. The van der Waals surface area contributed by atoms with Crippen LogP contribution in [0, 0.1) is 6.92 Å². The van der Waals surface area contributed by atoms with Crippen molar-refractivity contribution in [2.75, 3.05) is 6.61 Å². The van der Waals surface area contributed by atoms with E-state index in [1.807, 2.05) is 25.1 Å². The molecule has 2 rings (SSSR count). The molecule has 2 amide bonds. The van der Waals surface area contributed by atoms with Gasteiger partial charge in [-0.25, -0.2) is 0 Å². The number of hydrogen-bond acceptors (Lipinski definition) is 4. The second-order valence-electron chi connectivity index (χ2n) is 4.49. The van der Waals surface area contributed by atoms with Gasteiger partial charge in [-0.05, 0) is 42.8 Å². The minimum atomic E-state index is -0.472. The van der Waals surface area contributed by atoms with Gasteiger partial charge in [-0.3, -0.25) is 20.4 Å². The third-order valence-corrected chi connectivity index (χ3v) is 2.63. The number of nitrogens with one attached hydrogen (secondary N) is 2. The van der Waals surface area contributed by atoms with Gasteiger partial charge in [0.1, 0.15) is 11.5 Å². The van der Waals surface area contributed by atoms with Gasteiger partial charge in [0.2, 0.25) is 0 Å². The Balaban J connectivity index is 1.70. The van der Waals surface area contributed by atoms with Gasteiger partial charge in [0.15, 0.2) is 6.61 Å². The van der Waals surface area contributed by atoms with Gasteiger partial charge in [0.25, 0.3) is 11.8 Å². The van der Waals surface area contributed by atoms with Gasteiger partial charge in [-0.2, -0.15) is 0 Å². The lowest BCUT2D eigenvalue weighted by molar-refractivity contribution is -0.128. The Morgan fingerprint density at radius 2 is 2.09 bits per heavy atom. The molecule has 114 valence electrons. The fraction of sp³-hybridized carbons (Fsp3) is 0.125. The molecule has 0 bridgehead atoms. The molecule has 0 radical (unpaired) electrons. The van der Waals surface area contributed by atoms with E-state index in [4.69, 9.17) is 9.15 Å². The van der Waals surface area contributed by atoms with Crippen LogP contribution < -0.4 is 15.6 Å². The Kier molecular flexibility index (Phi) is 5.37. The molecule has 0 saturated heterocycles. The molecule has 1 aromatic carbocycles. The van der Waals surface area contributed by atoms with Crippen LogP contribution in [0.4, 0.5) is 0 Å². The minimum Gasteiger partial charge on any atom is -0.484 e. The maximum Gasteiger partial charge on any atom is 0.276 e. The van der Waals surface area contributed by atoms with Gasteiger partial charge in [-0.15, -0.1) is 0 Å². The summed E-state index contributed by atoms with van der Waals surface area (Å²) in [4.78, 5) is 23.0. The predicted molar refractivity (Wildman–Crippen MR) is 80.7 cm³/mol. The number of carbonyl (C=O) groups excluding carboxylic acids is 2. The predicted octanol–water partition coefficient (Wildman–Crippen LogP) is 1.83. The molecule has 0 atom stereocenters. The van der Waals surface area contributed by atoms with Gasteiger partial charge < -0.3 is 9.15 Å². The highest BCUT2D eigenvalue weighted by molar-refractivity contribution is 5.92. The van der Waals surface area contributed by atoms with E-state index < -0.39 is 11.8 Å². The third kappa shape index (κ3) is 5.16. The monoisotopic (exact) mass is 300 g/mol. The summed E-state index contributed by atoms with van der Waals surface area (Å²) in [6, 6.07) is 10.8. The Labute approximate surface area is 127 Å². The van der Waals surface area contributed by atoms with Gasteiger partial charge in [-0.1, -0.05) is 12.1 Å². The quantitative estimate of drug-likeness (QED) is 0.652. The summed E-state index contributed by atoms with van der Waals surface area (Å²) < 4.78 is 10.3. The van der Waals surface area contributed by atoms with E-state index in [1.165, 1.54) is 18.4 Å². The summed E-state index contributed by atoms with van der Waals surface area (Å²) in [6.45, 7) is 1.74. The van der Waals surface area contributed by atoms with E-state index >= 15 is 0 Å². The molecule has 0 aliphatic heterocycles. The summed E-state index contributed by atoms with van der Waals surface area (Å²) in [5.74, 6) is 0.213. The Bertz CT molecular complexity index is 663. The Hall–Kier alpha value is -3.02. The smallest absolute Gasteiger partial charge is 0.276 e. The SMILES string of the molecule is Cc1cccc(OCC(=O)NNC(=O)C=Cc2ccco2)c1. The lowest BCUT2D eigenvalue weighted by atomic mass is 10.2. The molecular weight excluding hydrogens is 284 g/mol. The number of hydrazine groups is 1. The Morgan fingerprint density at radius 3 is 2.82 bits per heavy atom. The lowest BCUT2D eigenvalue weighted by Gasteiger charge is -2.07. The van der Waals surface area contributed by atoms with Crippen molar-refractivity contribution in [1.82, 2.24) is 10.9 Å². The largest absolute Gasteiger partial charge is 0.484 e. The number of carbonyl (C=O) groups is 2. The molecule has 0 unspecified atom stereocenters. The first-order valence-electron chi connectivity index (χ1n) is 6.63. The van der Waals surface area contributed by atoms with Crippen LogP contribution in [0.1, 0.15) is 11.3 Å². The highest BCUT2D eigenvalue weighted by Gasteiger charge is 2.04. The molecule has 2 N–H and O–H groups in total. The van der Waals surface area contributed by atoms with Crippen molar-refractivity contribution in [3.05, 3.63) is 60.1 Å². The van der Waals surface area contributed by atoms with Crippen molar-refractivity contribution in [3.63, 3.8) is 0 Å². The van der Waals surface area contributed by atoms with Crippen molar-refractivity contribution < 1.29 is 18.7 Å². The molecule has 6 heteroatoms. The number of benzene rings is 1. The summed E-state index contributed by atoms with van der Waals surface area (Å²) >= 11 is 0. The van der Waals surface area contributed by atoms with Crippen LogP contribution in [0.3, 0.4) is 0 Å². The first-order chi connectivity index (χ1) is 10.6. The van der Waals surface area contributed by atoms with Crippen molar-refractivity contribution >= 4 is 17.9 Å². The van der Waals surface area contributed by atoms with Gasteiger partial charge in [0.05, 0.1) is 6.26 Å². The molecular formula is C16H16N2O4. The minimum absolute atomic E-state index is 0.189. The zero-order valence-corrected chi connectivity index (χ0v) is 12.0. The van der Waals surface area contributed by atoms with Crippen LogP contribution in [-0.2, 0) is 9.59 Å². The second-order valence-corrected chi connectivity index (χ2v) is 4.49. The van der Waals surface area contributed by atoms with Gasteiger partial charge >= 0.3 is 0 Å². The number of aryl methyl sites for hydroxylation is 1. The first kappa shape index (κ1) is 15.4. The summed E-state index contributed by atoms with van der Waals surface area (Å²) in [5, 5.41) is 0. The molecule has 1 heterocycles. The molecule has 0 aliphatic carbocycles. The maximum absolute atomic E-state index is 11.5. The number of hydrogen-bond donors (Lipinski definition) is 2. The fourth-order valence-corrected chi connectivity index (χ4v) is 1.61. The van der Waals surface area contributed by atoms with E-state index in [9.17, 15) is 9.59 Å². The van der Waals surface area contributed by atoms with Crippen LogP contribution in [0.5, 0.6) is 5.75 Å². The molecule has 22 heavy (non-hydrogen) atoms. The topological polar surface area (TPSA) is 80.6 Å². The van der Waals surface area contributed by atoms with E-state index in [1.54, 1.807) is 18.2 Å². The van der Waals surface area contributed by atoms with E-state index in [-0.39, 0.29) is 6.61 Å². The number of amides is 2. The second kappa shape index (κ2) is 7.68. The zero-order valence-electron chi connectivity index (χ0n) is 12.0. The Morgan fingerprint density at radius 1 is 1.23 bits per heavy atom. The van der Waals surface area contributed by atoms with Crippen LogP contribution in [0.2, 0.25) is 0 Å². The van der Waals surface area contributed by atoms with Crippen LogP contribution in [0.25, 0.3) is 6.08 Å². The van der Waals surface area contributed by atoms with Crippen LogP contribution in [-0.4, -0.2) is 18.4 Å². The molecule has 0 spiro atoms. The van der Waals surface area contributed by atoms with E-state index in [0.29, 0.717) is 11.5 Å². The number of ether oxygens (including phenoxy) is 1. The summed E-state index contributed by atoms with van der Waals surface area (Å²) in [6.07, 6.45) is 4.24. The fourth-order valence-electron chi connectivity index (χ4n) is 1.61. The molecule has 6 nitrogen and oxygen atoms in total. The molecule has 1 aromatic heterocycles. The summed E-state index contributed by atoms with van der Waals surface area (Å²) in [5.41, 5.74) is 5.53. The van der Waals surface area contributed by atoms with Crippen molar-refractivity contribution in [2.45, 2.75) is 6.92 Å². The average molecular weight is 300 g/mol. The molecule has 0 aliphatic rings. The highest BCUT2D eigenvalue weighted by atomic mass is 16.5. The molecule has 0 saturated carbocycles. The molecule has 0 fully saturated rings. The number of furan rings is 1. The lowest BCUT2D eigenvalue weighted by Crippen LogP contribution is -2.43. The summed E-state index contributed by atoms with van der Waals surface area (Å²) in [7, 11) is 0. The normalized spacial score (nSPS) is 10.4. The standard InChI is InChI=1S/C16H16N2O4/c1-12-4-2-5-14(10-12)22-11-16(20)18-17-15(19)8-7-13-6-3-9-21-13/h2-10H,11H2,1H3,(H,17,19)(H,18,20). The maximum atomic E-state index is 11.5. The van der Waals surface area contributed by atoms with E-state index in [2.05, 4.69) is 10.9 Å². The van der Waals surface area contributed by atoms with Crippen molar-refractivity contribution in [3.8, 4) is 5.75 Å². The van der Waals surface area contributed by atoms with E-state index in [0.717, 1.165) is 5.56 Å². The third-order valence-electron chi connectivity index (χ3n) is 2.63. The van der Waals surface area contributed by atoms with Crippen LogP contribution in [0.15, 0.2) is 53.2 Å². The molecule has 2 aromatic rings. The first-order valence-corrected chi connectivity index (χ1v) is 6.63.